The van der Waals surface area contributed by atoms with E-state index in [1.165, 1.54) is 4.90 Å². The molecule has 2 N–H and O–H groups in total. The van der Waals surface area contributed by atoms with Gasteiger partial charge >= 0.3 is 0 Å². The van der Waals surface area contributed by atoms with E-state index in [2.05, 4.69) is 0 Å². The molecule has 2 rings (SSSR count). The largest absolute Gasteiger partial charge is 0.398 e. The maximum absolute atomic E-state index is 11.7. The molecule has 1 aliphatic heterocycles. The van der Waals surface area contributed by atoms with Crippen molar-refractivity contribution >= 4 is 17.5 Å². The lowest BCUT2D eigenvalue weighted by Crippen LogP contribution is -2.29. The van der Waals surface area contributed by atoms with Crippen LogP contribution >= 0.6 is 0 Å². The van der Waals surface area contributed by atoms with Crippen LogP contribution < -0.4 is 5.73 Å². The zero-order valence-electron chi connectivity index (χ0n) is 7.78. The highest BCUT2D eigenvalue weighted by atomic mass is 16.2. The van der Waals surface area contributed by atoms with Crippen molar-refractivity contribution in [3.05, 3.63) is 29.3 Å². The smallest absolute Gasteiger partial charge is 0.263 e. The van der Waals surface area contributed by atoms with Crippen molar-refractivity contribution in [1.29, 1.82) is 0 Å². The Morgan fingerprint density at radius 2 is 2.00 bits per heavy atom. The van der Waals surface area contributed by atoms with Crippen LogP contribution in [0.1, 0.15) is 27.6 Å². The molecule has 0 aromatic heterocycles. The van der Waals surface area contributed by atoms with Crippen LogP contribution in [-0.2, 0) is 0 Å². The van der Waals surface area contributed by atoms with Gasteiger partial charge in [0.2, 0.25) is 0 Å². The van der Waals surface area contributed by atoms with Gasteiger partial charge in [-0.15, -0.1) is 0 Å². The molecule has 14 heavy (non-hydrogen) atoms. The third kappa shape index (κ3) is 0.937. The number of nitrogens with zero attached hydrogens (tertiary/aromatic N) is 1. The topological polar surface area (TPSA) is 63.4 Å². The van der Waals surface area contributed by atoms with E-state index in [4.69, 9.17) is 5.73 Å². The van der Waals surface area contributed by atoms with Crippen molar-refractivity contribution in [2.75, 3.05) is 12.3 Å². The van der Waals surface area contributed by atoms with Gasteiger partial charge in [-0.2, -0.15) is 0 Å². The van der Waals surface area contributed by atoms with Crippen LogP contribution in [0.2, 0.25) is 0 Å². The summed E-state index contributed by atoms with van der Waals surface area (Å²) in [7, 11) is 0. The van der Waals surface area contributed by atoms with Crippen molar-refractivity contribution in [3.8, 4) is 0 Å². The molecular formula is C10H10N2O2. The van der Waals surface area contributed by atoms with E-state index in [9.17, 15) is 9.59 Å². The lowest BCUT2D eigenvalue weighted by Gasteiger charge is -2.08. The zero-order valence-corrected chi connectivity index (χ0v) is 7.78. The highest BCUT2D eigenvalue weighted by Gasteiger charge is 2.35. The van der Waals surface area contributed by atoms with Crippen molar-refractivity contribution in [2.45, 2.75) is 6.92 Å². The van der Waals surface area contributed by atoms with E-state index < -0.39 is 0 Å². The molecule has 0 unspecified atom stereocenters. The lowest BCUT2D eigenvalue weighted by molar-refractivity contribution is 0.0663. The minimum absolute atomic E-state index is 0.250. The summed E-state index contributed by atoms with van der Waals surface area (Å²) in [6.45, 7) is 2.14. The maximum atomic E-state index is 11.7. The summed E-state index contributed by atoms with van der Waals surface area (Å²) >= 11 is 0. The number of nitrogen functional groups attached to an aromatic ring is 1. The molecule has 1 heterocycles. The van der Waals surface area contributed by atoms with Crippen LogP contribution in [0.15, 0.2) is 18.2 Å². The van der Waals surface area contributed by atoms with Crippen LogP contribution in [0, 0.1) is 0 Å². The normalized spacial score (nSPS) is 14.8. The van der Waals surface area contributed by atoms with Gasteiger partial charge in [-0.3, -0.25) is 14.5 Å². The van der Waals surface area contributed by atoms with Crippen molar-refractivity contribution < 1.29 is 9.59 Å². The second-order valence-corrected chi connectivity index (χ2v) is 3.12. The van der Waals surface area contributed by atoms with Gasteiger partial charge in [0.05, 0.1) is 11.1 Å². The van der Waals surface area contributed by atoms with E-state index in [0.29, 0.717) is 23.4 Å². The Morgan fingerprint density at radius 3 is 2.57 bits per heavy atom. The fourth-order valence-electron chi connectivity index (χ4n) is 1.65. The number of amides is 2. The molecule has 0 bridgehead atoms. The fourth-order valence-corrected chi connectivity index (χ4v) is 1.65. The molecule has 2 amide bonds. The first-order chi connectivity index (χ1) is 6.66. The number of fused-ring (bicyclic) bond motifs is 1. The molecule has 1 aromatic rings. The molecular weight excluding hydrogens is 180 g/mol. The van der Waals surface area contributed by atoms with Crippen LogP contribution in [-0.4, -0.2) is 23.3 Å². The quantitative estimate of drug-likeness (QED) is 0.528. The lowest BCUT2D eigenvalue weighted by atomic mass is 10.1. The number of carbonyl (C=O) groups is 2. The number of hydrogen-bond donors (Lipinski definition) is 1. The second kappa shape index (κ2) is 2.83. The number of imide groups is 1. The van der Waals surface area contributed by atoms with Crippen molar-refractivity contribution in [1.82, 2.24) is 4.90 Å². The van der Waals surface area contributed by atoms with E-state index in [1.807, 2.05) is 0 Å². The predicted molar refractivity (Wildman–Crippen MR) is 51.9 cm³/mol. The molecule has 1 aliphatic rings. The van der Waals surface area contributed by atoms with Gasteiger partial charge in [0, 0.05) is 12.2 Å². The molecule has 4 nitrogen and oxygen atoms in total. The van der Waals surface area contributed by atoms with Gasteiger partial charge in [0.15, 0.2) is 0 Å². The maximum Gasteiger partial charge on any atom is 0.263 e. The highest BCUT2D eigenvalue weighted by molar-refractivity contribution is 6.23. The van der Waals surface area contributed by atoms with Gasteiger partial charge in [-0.25, -0.2) is 0 Å². The van der Waals surface area contributed by atoms with Gasteiger partial charge < -0.3 is 5.73 Å². The number of rotatable bonds is 1. The third-order valence-electron chi connectivity index (χ3n) is 2.35. The van der Waals surface area contributed by atoms with Crippen LogP contribution in [0.4, 0.5) is 5.69 Å². The van der Waals surface area contributed by atoms with E-state index in [-0.39, 0.29) is 11.8 Å². The van der Waals surface area contributed by atoms with E-state index >= 15 is 0 Å². The number of hydrogen-bond acceptors (Lipinski definition) is 3. The monoisotopic (exact) mass is 190 g/mol. The SMILES string of the molecule is CCN1C(=O)c2cccc(N)c2C1=O. The van der Waals surface area contributed by atoms with Gasteiger partial charge in [-0.1, -0.05) is 6.07 Å². The Balaban J connectivity index is 2.64. The summed E-state index contributed by atoms with van der Waals surface area (Å²) in [5.74, 6) is -0.537. The summed E-state index contributed by atoms with van der Waals surface area (Å²) < 4.78 is 0. The van der Waals surface area contributed by atoms with Crippen LogP contribution in [0.5, 0.6) is 0 Å². The number of nitrogens with two attached hydrogens (primary N) is 1. The summed E-state index contributed by atoms with van der Waals surface area (Å²) in [4.78, 5) is 24.5. The number of benzene rings is 1. The Kier molecular flexibility index (Phi) is 1.77. The Labute approximate surface area is 81.3 Å². The first-order valence-corrected chi connectivity index (χ1v) is 4.41. The average Bonchev–Trinajstić information content (AvgIpc) is 2.41. The minimum atomic E-state index is -0.286. The molecule has 4 heteroatoms. The summed E-state index contributed by atoms with van der Waals surface area (Å²) in [5.41, 5.74) is 6.77. The average molecular weight is 190 g/mol. The second-order valence-electron chi connectivity index (χ2n) is 3.12. The van der Waals surface area contributed by atoms with Crippen LogP contribution in [0.25, 0.3) is 0 Å². The van der Waals surface area contributed by atoms with Gasteiger partial charge in [0.25, 0.3) is 11.8 Å². The van der Waals surface area contributed by atoms with E-state index in [1.54, 1.807) is 25.1 Å². The van der Waals surface area contributed by atoms with Crippen molar-refractivity contribution in [3.63, 3.8) is 0 Å². The number of carbonyl (C=O) groups excluding carboxylic acids is 2. The summed E-state index contributed by atoms with van der Waals surface area (Å²) in [5, 5.41) is 0. The third-order valence-corrected chi connectivity index (χ3v) is 2.35. The predicted octanol–water partition coefficient (Wildman–Crippen LogP) is 0.885. The molecule has 0 saturated heterocycles. The molecule has 0 spiro atoms. The molecule has 0 fully saturated rings. The molecule has 0 aliphatic carbocycles. The Morgan fingerprint density at radius 1 is 1.29 bits per heavy atom. The Bertz CT molecular complexity index is 426. The van der Waals surface area contributed by atoms with Gasteiger partial charge in [0.1, 0.15) is 0 Å². The van der Waals surface area contributed by atoms with Crippen molar-refractivity contribution in [2.24, 2.45) is 0 Å². The minimum Gasteiger partial charge on any atom is -0.398 e. The molecule has 72 valence electrons. The Hall–Kier alpha value is -1.84. The number of anilines is 1. The van der Waals surface area contributed by atoms with E-state index in [0.717, 1.165) is 0 Å². The zero-order chi connectivity index (χ0) is 10.3. The standard InChI is InChI=1S/C10H10N2O2/c1-2-12-9(13)6-4-3-5-7(11)8(6)10(12)14/h3-5H,2,11H2,1H3. The highest BCUT2D eigenvalue weighted by Crippen LogP contribution is 2.26. The molecule has 1 aromatic carbocycles. The molecule has 0 radical (unpaired) electrons. The fraction of sp³-hybridized carbons (Fsp3) is 0.200. The molecule has 0 saturated carbocycles. The molecule has 0 atom stereocenters. The first kappa shape index (κ1) is 8.74. The van der Waals surface area contributed by atoms with Crippen LogP contribution in [0.3, 0.4) is 0 Å². The summed E-state index contributed by atoms with van der Waals surface area (Å²) in [6, 6.07) is 4.93. The summed E-state index contributed by atoms with van der Waals surface area (Å²) in [6.07, 6.45) is 0. The first-order valence-electron chi connectivity index (χ1n) is 4.41. The van der Waals surface area contributed by atoms with Gasteiger partial charge in [-0.05, 0) is 19.1 Å².